The third kappa shape index (κ3) is 4.50. The van der Waals surface area contributed by atoms with Gasteiger partial charge in [0.2, 0.25) is 0 Å². The maximum Gasteiger partial charge on any atom is 0.303 e. The van der Waals surface area contributed by atoms with Crippen LogP contribution in [0.4, 0.5) is 0 Å². The van der Waals surface area contributed by atoms with Crippen molar-refractivity contribution in [3.63, 3.8) is 0 Å². The maximum absolute atomic E-state index is 10.7. The lowest BCUT2D eigenvalue weighted by atomic mass is 9.68. The molecule has 0 aliphatic heterocycles. The van der Waals surface area contributed by atoms with Gasteiger partial charge in [-0.15, -0.1) is 0 Å². The lowest BCUT2D eigenvalue weighted by Gasteiger charge is -2.37. The molecule has 0 spiro atoms. The van der Waals surface area contributed by atoms with Gasteiger partial charge in [-0.2, -0.15) is 0 Å². The summed E-state index contributed by atoms with van der Waals surface area (Å²) in [5.41, 5.74) is 0. The molecule has 2 aliphatic carbocycles. The number of rotatable bonds is 5. The average molecular weight is 266 g/mol. The van der Waals surface area contributed by atoms with Gasteiger partial charge in [-0.25, -0.2) is 0 Å². The first-order valence-corrected chi connectivity index (χ1v) is 8.40. The third-order valence-electron chi connectivity index (χ3n) is 5.61. The molecule has 0 atom stereocenters. The molecule has 0 amide bonds. The van der Waals surface area contributed by atoms with Crippen molar-refractivity contribution in [1.29, 1.82) is 0 Å². The van der Waals surface area contributed by atoms with E-state index in [1.807, 2.05) is 0 Å². The van der Waals surface area contributed by atoms with Crippen LogP contribution >= 0.6 is 0 Å². The van der Waals surface area contributed by atoms with Crippen LogP contribution in [0, 0.1) is 23.7 Å². The zero-order valence-corrected chi connectivity index (χ0v) is 12.4. The van der Waals surface area contributed by atoms with Crippen molar-refractivity contribution in [3.8, 4) is 0 Å². The van der Waals surface area contributed by atoms with Gasteiger partial charge in [-0.05, 0) is 62.2 Å². The Bertz CT molecular complexity index is 271. The summed E-state index contributed by atoms with van der Waals surface area (Å²) in [5, 5.41) is 8.86. The predicted octanol–water partition coefficient (Wildman–Crippen LogP) is 4.87. The Balaban J connectivity index is 1.69. The van der Waals surface area contributed by atoms with Crippen LogP contribution in [0.15, 0.2) is 0 Å². The fourth-order valence-electron chi connectivity index (χ4n) is 4.47. The monoisotopic (exact) mass is 266 g/mol. The van der Waals surface area contributed by atoms with E-state index < -0.39 is 5.97 Å². The number of carboxylic acid groups (broad SMARTS) is 1. The summed E-state index contributed by atoms with van der Waals surface area (Å²) in [4.78, 5) is 10.7. The summed E-state index contributed by atoms with van der Waals surface area (Å²) >= 11 is 0. The molecule has 0 heterocycles. The van der Waals surface area contributed by atoms with Crippen molar-refractivity contribution in [1.82, 2.24) is 0 Å². The van der Waals surface area contributed by atoms with Crippen LogP contribution in [0.25, 0.3) is 0 Å². The number of carboxylic acids is 1. The molecule has 0 aromatic heterocycles. The van der Waals surface area contributed by atoms with E-state index in [0.717, 1.165) is 30.6 Å². The van der Waals surface area contributed by atoms with E-state index in [0.29, 0.717) is 12.3 Å². The molecule has 2 aliphatic rings. The van der Waals surface area contributed by atoms with Gasteiger partial charge < -0.3 is 5.11 Å². The molecule has 2 saturated carbocycles. The van der Waals surface area contributed by atoms with E-state index in [1.165, 1.54) is 51.4 Å². The fraction of sp³-hybridized carbons (Fsp3) is 0.941. The average Bonchev–Trinajstić information content (AvgIpc) is 2.40. The van der Waals surface area contributed by atoms with Gasteiger partial charge in [0.1, 0.15) is 0 Å². The summed E-state index contributed by atoms with van der Waals surface area (Å²) in [6, 6.07) is 0. The van der Waals surface area contributed by atoms with Gasteiger partial charge in [0, 0.05) is 6.42 Å². The van der Waals surface area contributed by atoms with E-state index in [1.54, 1.807) is 0 Å². The highest BCUT2D eigenvalue weighted by molar-refractivity contribution is 5.67. The molecule has 0 saturated heterocycles. The zero-order chi connectivity index (χ0) is 13.7. The first-order chi connectivity index (χ1) is 9.19. The predicted molar refractivity (Wildman–Crippen MR) is 78.1 cm³/mol. The smallest absolute Gasteiger partial charge is 0.303 e. The first-order valence-electron chi connectivity index (χ1n) is 8.40. The number of hydrogen-bond acceptors (Lipinski definition) is 1. The highest BCUT2D eigenvalue weighted by Gasteiger charge is 2.31. The van der Waals surface area contributed by atoms with Crippen molar-refractivity contribution < 1.29 is 9.90 Å². The SMILES string of the molecule is CCC[C@H]1CC[C@H]([C@H]2CC[C@H](CC(=O)O)CC2)CC1. The van der Waals surface area contributed by atoms with Crippen molar-refractivity contribution in [2.45, 2.75) is 77.6 Å². The summed E-state index contributed by atoms with van der Waals surface area (Å²) in [6.45, 7) is 2.30. The summed E-state index contributed by atoms with van der Waals surface area (Å²) in [6.07, 6.45) is 13.9. The Labute approximate surface area is 118 Å². The molecule has 0 aromatic rings. The lowest BCUT2D eigenvalue weighted by Crippen LogP contribution is -2.26. The number of carbonyl (C=O) groups is 1. The van der Waals surface area contributed by atoms with Gasteiger partial charge in [-0.3, -0.25) is 4.79 Å². The quantitative estimate of drug-likeness (QED) is 0.770. The van der Waals surface area contributed by atoms with Crippen LogP contribution in [0.2, 0.25) is 0 Å². The third-order valence-corrected chi connectivity index (χ3v) is 5.61. The molecule has 2 nitrogen and oxygen atoms in total. The molecule has 2 rings (SSSR count). The second-order valence-electron chi connectivity index (χ2n) is 6.95. The Morgan fingerprint density at radius 3 is 1.79 bits per heavy atom. The van der Waals surface area contributed by atoms with Crippen LogP contribution < -0.4 is 0 Å². The Hall–Kier alpha value is -0.530. The molecule has 0 radical (unpaired) electrons. The van der Waals surface area contributed by atoms with Crippen LogP contribution in [-0.2, 0) is 4.79 Å². The molecule has 0 aromatic carbocycles. The second kappa shape index (κ2) is 7.31. The Kier molecular flexibility index (Phi) is 5.72. The minimum Gasteiger partial charge on any atom is -0.481 e. The van der Waals surface area contributed by atoms with Gasteiger partial charge in [0.15, 0.2) is 0 Å². The normalized spacial score (nSPS) is 36.1. The summed E-state index contributed by atoms with van der Waals surface area (Å²) < 4.78 is 0. The molecule has 2 heteroatoms. The van der Waals surface area contributed by atoms with E-state index in [2.05, 4.69) is 6.92 Å². The van der Waals surface area contributed by atoms with Crippen molar-refractivity contribution in [2.75, 3.05) is 0 Å². The molecule has 0 unspecified atom stereocenters. The largest absolute Gasteiger partial charge is 0.481 e. The molecule has 0 bridgehead atoms. The van der Waals surface area contributed by atoms with Crippen LogP contribution in [-0.4, -0.2) is 11.1 Å². The Morgan fingerprint density at radius 2 is 1.37 bits per heavy atom. The van der Waals surface area contributed by atoms with Crippen molar-refractivity contribution in [2.24, 2.45) is 23.7 Å². The minimum absolute atomic E-state index is 0.399. The van der Waals surface area contributed by atoms with E-state index >= 15 is 0 Å². The maximum atomic E-state index is 10.7. The number of aliphatic carboxylic acids is 1. The van der Waals surface area contributed by atoms with Gasteiger partial charge in [-0.1, -0.05) is 32.6 Å². The molecule has 110 valence electrons. The highest BCUT2D eigenvalue weighted by Crippen LogP contribution is 2.42. The Morgan fingerprint density at radius 1 is 0.895 bits per heavy atom. The molecular weight excluding hydrogens is 236 g/mol. The standard InChI is InChI=1S/C17H30O2/c1-2-3-13-4-8-15(9-5-13)16-10-6-14(7-11-16)12-17(18)19/h13-16H,2-12H2,1H3,(H,18,19)/t13-,14-,15-,16-. The van der Waals surface area contributed by atoms with Crippen LogP contribution in [0.3, 0.4) is 0 Å². The first kappa shape index (κ1) is 14.9. The van der Waals surface area contributed by atoms with E-state index in [9.17, 15) is 4.79 Å². The van der Waals surface area contributed by atoms with E-state index in [-0.39, 0.29) is 0 Å². The summed E-state index contributed by atoms with van der Waals surface area (Å²) in [7, 11) is 0. The zero-order valence-electron chi connectivity index (χ0n) is 12.4. The summed E-state index contributed by atoms with van der Waals surface area (Å²) in [5.74, 6) is 2.73. The lowest BCUT2D eigenvalue weighted by molar-refractivity contribution is -0.138. The van der Waals surface area contributed by atoms with Crippen molar-refractivity contribution >= 4 is 5.97 Å². The molecule has 1 N–H and O–H groups in total. The van der Waals surface area contributed by atoms with Gasteiger partial charge in [0.05, 0.1) is 0 Å². The van der Waals surface area contributed by atoms with E-state index in [4.69, 9.17) is 5.11 Å². The van der Waals surface area contributed by atoms with Gasteiger partial charge >= 0.3 is 5.97 Å². The highest BCUT2D eigenvalue weighted by atomic mass is 16.4. The van der Waals surface area contributed by atoms with Crippen molar-refractivity contribution in [3.05, 3.63) is 0 Å². The van der Waals surface area contributed by atoms with Crippen LogP contribution in [0.5, 0.6) is 0 Å². The number of hydrogen-bond donors (Lipinski definition) is 1. The minimum atomic E-state index is -0.608. The molecule has 19 heavy (non-hydrogen) atoms. The topological polar surface area (TPSA) is 37.3 Å². The fourth-order valence-corrected chi connectivity index (χ4v) is 4.47. The molecule has 2 fully saturated rings. The van der Waals surface area contributed by atoms with Crippen LogP contribution in [0.1, 0.15) is 77.6 Å². The second-order valence-corrected chi connectivity index (χ2v) is 6.95. The molecular formula is C17H30O2. The van der Waals surface area contributed by atoms with Gasteiger partial charge in [0.25, 0.3) is 0 Å².